The van der Waals surface area contributed by atoms with E-state index in [2.05, 4.69) is 59.5 Å². The molecular formula is C22H30N4O. The average Bonchev–Trinajstić information content (AvgIpc) is 2.69. The van der Waals surface area contributed by atoms with Crippen molar-refractivity contribution < 1.29 is 4.79 Å². The molecule has 0 unspecified atom stereocenters. The van der Waals surface area contributed by atoms with Crippen LogP contribution in [0.2, 0.25) is 0 Å². The van der Waals surface area contributed by atoms with Gasteiger partial charge >= 0.3 is 0 Å². The second kappa shape index (κ2) is 9.49. The fourth-order valence-electron chi connectivity index (χ4n) is 3.49. The number of hydrogen-bond acceptors (Lipinski definition) is 4. The van der Waals surface area contributed by atoms with Crippen molar-refractivity contribution in [3.8, 4) is 0 Å². The predicted octanol–water partition coefficient (Wildman–Crippen LogP) is 4.03. The van der Waals surface area contributed by atoms with Crippen molar-refractivity contribution in [2.45, 2.75) is 39.5 Å². The number of piperidine rings is 1. The van der Waals surface area contributed by atoms with Gasteiger partial charge in [-0.2, -0.15) is 0 Å². The summed E-state index contributed by atoms with van der Waals surface area (Å²) >= 11 is 0. The fraction of sp³-hybridized carbons (Fsp3) is 0.500. The van der Waals surface area contributed by atoms with Gasteiger partial charge in [-0.1, -0.05) is 44.2 Å². The van der Waals surface area contributed by atoms with Gasteiger partial charge in [0.05, 0.1) is 0 Å². The summed E-state index contributed by atoms with van der Waals surface area (Å²) in [5.41, 5.74) is 1.87. The van der Waals surface area contributed by atoms with Crippen LogP contribution in [0.5, 0.6) is 0 Å². The molecule has 5 heteroatoms. The van der Waals surface area contributed by atoms with E-state index in [9.17, 15) is 4.79 Å². The highest BCUT2D eigenvalue weighted by Gasteiger charge is 2.24. The van der Waals surface area contributed by atoms with Crippen molar-refractivity contribution in [2.75, 3.05) is 25.0 Å². The molecule has 0 atom stereocenters. The van der Waals surface area contributed by atoms with E-state index in [1.54, 1.807) is 12.3 Å². The number of aromatic nitrogens is 2. The summed E-state index contributed by atoms with van der Waals surface area (Å²) in [6.07, 6.45) is 5.91. The van der Waals surface area contributed by atoms with Crippen LogP contribution in [0.4, 0.5) is 5.95 Å². The van der Waals surface area contributed by atoms with Crippen molar-refractivity contribution in [2.24, 2.45) is 11.8 Å². The lowest BCUT2D eigenvalue weighted by Gasteiger charge is -2.32. The molecule has 27 heavy (non-hydrogen) atoms. The second-order valence-corrected chi connectivity index (χ2v) is 7.80. The zero-order valence-corrected chi connectivity index (χ0v) is 16.4. The Kier molecular flexibility index (Phi) is 6.80. The van der Waals surface area contributed by atoms with E-state index < -0.39 is 0 Å². The van der Waals surface area contributed by atoms with E-state index in [1.165, 1.54) is 5.56 Å². The lowest BCUT2D eigenvalue weighted by molar-refractivity contribution is 0.0684. The molecule has 1 amide bonds. The molecule has 2 heterocycles. The minimum absolute atomic E-state index is 0.0162. The van der Waals surface area contributed by atoms with Crippen LogP contribution in [-0.4, -0.2) is 40.4 Å². The first-order chi connectivity index (χ1) is 13.1. The van der Waals surface area contributed by atoms with Crippen LogP contribution in [0.3, 0.4) is 0 Å². The predicted molar refractivity (Wildman–Crippen MR) is 109 cm³/mol. The summed E-state index contributed by atoms with van der Waals surface area (Å²) in [4.78, 5) is 23.4. The molecule has 0 bridgehead atoms. The molecule has 2 aromatic rings. The largest absolute Gasteiger partial charge is 0.354 e. The lowest BCUT2D eigenvalue weighted by atomic mass is 9.90. The highest BCUT2D eigenvalue weighted by atomic mass is 16.2. The number of nitrogens with zero attached hydrogens (tertiary/aromatic N) is 3. The first-order valence-corrected chi connectivity index (χ1v) is 10.0. The third-order valence-electron chi connectivity index (χ3n) is 5.15. The molecule has 1 aromatic heterocycles. The van der Waals surface area contributed by atoms with Crippen molar-refractivity contribution in [1.29, 1.82) is 0 Å². The Morgan fingerprint density at radius 2 is 1.93 bits per heavy atom. The zero-order chi connectivity index (χ0) is 19.1. The van der Waals surface area contributed by atoms with Gasteiger partial charge in [-0.3, -0.25) is 4.79 Å². The number of carbonyl (C=O) groups is 1. The third kappa shape index (κ3) is 5.78. The van der Waals surface area contributed by atoms with Crippen LogP contribution >= 0.6 is 0 Å². The average molecular weight is 367 g/mol. The normalized spacial score (nSPS) is 15.1. The number of benzene rings is 1. The highest BCUT2D eigenvalue weighted by Crippen LogP contribution is 2.22. The summed E-state index contributed by atoms with van der Waals surface area (Å²) < 4.78 is 0. The molecule has 1 aliphatic rings. The quantitative estimate of drug-likeness (QED) is 0.804. The van der Waals surface area contributed by atoms with Crippen LogP contribution in [-0.2, 0) is 6.42 Å². The van der Waals surface area contributed by atoms with Crippen molar-refractivity contribution in [3.05, 3.63) is 53.9 Å². The number of rotatable bonds is 7. The van der Waals surface area contributed by atoms with E-state index >= 15 is 0 Å². The minimum atomic E-state index is 0.0162. The molecule has 0 radical (unpaired) electrons. The van der Waals surface area contributed by atoms with Gasteiger partial charge in [-0.25, -0.2) is 9.97 Å². The number of amides is 1. The van der Waals surface area contributed by atoms with Gasteiger partial charge in [0.2, 0.25) is 5.95 Å². The van der Waals surface area contributed by atoms with Gasteiger partial charge in [-0.05, 0) is 49.1 Å². The molecule has 3 rings (SSSR count). The Bertz CT molecular complexity index is 724. The summed E-state index contributed by atoms with van der Waals surface area (Å²) in [5.74, 6) is 1.83. The number of hydrogen-bond donors (Lipinski definition) is 1. The van der Waals surface area contributed by atoms with E-state index in [0.29, 0.717) is 23.5 Å². The van der Waals surface area contributed by atoms with E-state index in [0.717, 1.165) is 45.3 Å². The molecule has 1 aliphatic heterocycles. The second-order valence-electron chi connectivity index (χ2n) is 7.80. The molecule has 0 spiro atoms. The molecular weight excluding hydrogens is 336 g/mol. The Labute approximate surface area is 162 Å². The van der Waals surface area contributed by atoms with Gasteiger partial charge in [0.1, 0.15) is 5.69 Å². The maximum atomic E-state index is 12.8. The summed E-state index contributed by atoms with van der Waals surface area (Å²) in [6, 6.07) is 12.3. The maximum Gasteiger partial charge on any atom is 0.272 e. The molecule has 1 saturated heterocycles. The van der Waals surface area contributed by atoms with Gasteiger partial charge in [0, 0.05) is 25.8 Å². The van der Waals surface area contributed by atoms with Crippen LogP contribution < -0.4 is 5.32 Å². The highest BCUT2D eigenvalue weighted by molar-refractivity contribution is 5.92. The molecule has 0 saturated carbocycles. The maximum absolute atomic E-state index is 12.8. The Morgan fingerprint density at radius 1 is 1.19 bits per heavy atom. The minimum Gasteiger partial charge on any atom is -0.354 e. The van der Waals surface area contributed by atoms with Crippen molar-refractivity contribution in [1.82, 2.24) is 14.9 Å². The molecule has 1 N–H and O–H groups in total. The van der Waals surface area contributed by atoms with Gasteiger partial charge in [0.25, 0.3) is 5.91 Å². The topological polar surface area (TPSA) is 58.1 Å². The fourth-order valence-corrected chi connectivity index (χ4v) is 3.49. The number of nitrogens with one attached hydrogen (secondary N) is 1. The van der Waals surface area contributed by atoms with Gasteiger partial charge in [0.15, 0.2) is 0 Å². The monoisotopic (exact) mass is 366 g/mol. The Balaban J connectivity index is 1.51. The molecule has 1 fully saturated rings. The summed E-state index contributed by atoms with van der Waals surface area (Å²) in [7, 11) is 0. The number of likely N-dealkylation sites (tertiary alicyclic amines) is 1. The summed E-state index contributed by atoms with van der Waals surface area (Å²) in [5, 5.41) is 3.22. The van der Waals surface area contributed by atoms with Gasteiger partial charge in [-0.15, -0.1) is 0 Å². The smallest absolute Gasteiger partial charge is 0.272 e. The standard InChI is InChI=1S/C22H30N4O/c1-17(2)8-12-23-22-24-13-9-20(25-22)21(27)26-14-10-19(11-15-26)16-18-6-4-3-5-7-18/h3-7,9,13,17,19H,8,10-12,14-16H2,1-2H3,(H,23,24,25). The number of anilines is 1. The summed E-state index contributed by atoms with van der Waals surface area (Å²) in [6.45, 7) is 6.79. The van der Waals surface area contributed by atoms with Crippen molar-refractivity contribution in [3.63, 3.8) is 0 Å². The Morgan fingerprint density at radius 3 is 2.63 bits per heavy atom. The van der Waals surface area contributed by atoms with Crippen molar-refractivity contribution >= 4 is 11.9 Å². The number of carbonyl (C=O) groups excluding carboxylic acids is 1. The lowest BCUT2D eigenvalue weighted by Crippen LogP contribution is -2.39. The van der Waals surface area contributed by atoms with E-state index in [-0.39, 0.29) is 5.91 Å². The first kappa shape index (κ1) is 19.3. The molecule has 1 aromatic carbocycles. The van der Waals surface area contributed by atoms with Crippen LogP contribution in [0.1, 0.15) is 49.2 Å². The van der Waals surface area contributed by atoms with Gasteiger partial charge < -0.3 is 10.2 Å². The molecule has 0 aliphatic carbocycles. The van der Waals surface area contributed by atoms with Crippen LogP contribution in [0.15, 0.2) is 42.6 Å². The zero-order valence-electron chi connectivity index (χ0n) is 16.4. The first-order valence-electron chi connectivity index (χ1n) is 10.0. The third-order valence-corrected chi connectivity index (χ3v) is 5.15. The molecule has 5 nitrogen and oxygen atoms in total. The van der Waals surface area contributed by atoms with Crippen LogP contribution in [0.25, 0.3) is 0 Å². The van der Waals surface area contributed by atoms with Crippen LogP contribution in [0, 0.1) is 11.8 Å². The van der Waals surface area contributed by atoms with E-state index in [4.69, 9.17) is 0 Å². The Hall–Kier alpha value is -2.43. The SMILES string of the molecule is CC(C)CCNc1nccc(C(=O)N2CCC(Cc3ccccc3)CC2)n1. The van der Waals surface area contributed by atoms with E-state index in [1.807, 2.05) is 4.90 Å². The molecule has 144 valence electrons.